The number of benzene rings is 1. The molecule has 0 radical (unpaired) electrons. The second-order valence-electron chi connectivity index (χ2n) is 4.41. The van der Waals surface area contributed by atoms with Gasteiger partial charge in [0.1, 0.15) is 11.5 Å². The summed E-state index contributed by atoms with van der Waals surface area (Å²) >= 11 is 1.59. The van der Waals surface area contributed by atoms with Crippen LogP contribution in [0.3, 0.4) is 0 Å². The van der Waals surface area contributed by atoms with Gasteiger partial charge in [0.2, 0.25) is 0 Å². The van der Waals surface area contributed by atoms with Crippen LogP contribution in [-0.4, -0.2) is 24.9 Å². The fourth-order valence-corrected chi connectivity index (χ4v) is 2.26. The molecule has 4 heteroatoms. The molecule has 0 amide bonds. The van der Waals surface area contributed by atoms with Crippen LogP contribution in [0.4, 0.5) is 0 Å². The van der Waals surface area contributed by atoms with Gasteiger partial charge in [-0.15, -0.1) is 11.8 Å². The van der Waals surface area contributed by atoms with E-state index in [4.69, 9.17) is 4.74 Å². The summed E-state index contributed by atoms with van der Waals surface area (Å²) in [5, 5.41) is 0. The molecule has 0 spiro atoms. The van der Waals surface area contributed by atoms with E-state index in [1.54, 1.807) is 24.9 Å². The SMILES string of the molecule is COc1cc(SC)ccc1C(=O)CC(=O)C1CC1. The third-order valence-corrected chi connectivity index (χ3v) is 3.80. The molecule has 18 heavy (non-hydrogen) atoms. The number of hydrogen-bond donors (Lipinski definition) is 0. The number of carbonyl (C=O) groups excluding carboxylic acids is 2. The molecule has 1 aromatic rings. The number of methoxy groups -OCH3 is 1. The molecule has 1 fully saturated rings. The molecule has 3 nitrogen and oxygen atoms in total. The first-order valence-corrected chi connectivity index (χ1v) is 7.16. The maximum atomic E-state index is 12.1. The van der Waals surface area contributed by atoms with Crippen molar-refractivity contribution in [2.75, 3.05) is 13.4 Å². The van der Waals surface area contributed by atoms with Crippen molar-refractivity contribution in [3.05, 3.63) is 23.8 Å². The zero-order valence-corrected chi connectivity index (χ0v) is 11.4. The van der Waals surface area contributed by atoms with Crippen LogP contribution in [0.15, 0.2) is 23.1 Å². The zero-order chi connectivity index (χ0) is 13.1. The van der Waals surface area contributed by atoms with Crippen LogP contribution in [0.5, 0.6) is 5.75 Å². The van der Waals surface area contributed by atoms with Gasteiger partial charge in [0.05, 0.1) is 19.1 Å². The molecule has 1 aromatic carbocycles. The van der Waals surface area contributed by atoms with E-state index >= 15 is 0 Å². The van der Waals surface area contributed by atoms with Crippen LogP contribution in [0, 0.1) is 5.92 Å². The molecule has 0 bridgehead atoms. The Labute approximate surface area is 111 Å². The second-order valence-corrected chi connectivity index (χ2v) is 5.29. The van der Waals surface area contributed by atoms with Crippen LogP contribution in [0.2, 0.25) is 0 Å². The molecule has 0 unspecified atom stereocenters. The summed E-state index contributed by atoms with van der Waals surface area (Å²) in [5.41, 5.74) is 0.504. The number of hydrogen-bond acceptors (Lipinski definition) is 4. The third kappa shape index (κ3) is 2.93. The Morgan fingerprint density at radius 2 is 2.11 bits per heavy atom. The van der Waals surface area contributed by atoms with Crippen molar-refractivity contribution >= 4 is 23.3 Å². The zero-order valence-electron chi connectivity index (χ0n) is 10.6. The highest BCUT2D eigenvalue weighted by molar-refractivity contribution is 7.98. The highest BCUT2D eigenvalue weighted by atomic mass is 32.2. The average Bonchev–Trinajstić information content (AvgIpc) is 3.22. The molecule has 0 N–H and O–H groups in total. The van der Waals surface area contributed by atoms with Crippen molar-refractivity contribution in [3.8, 4) is 5.75 Å². The van der Waals surface area contributed by atoms with E-state index in [1.165, 1.54) is 0 Å². The standard InChI is InChI=1S/C14H16O3S/c1-17-14-7-10(18-2)5-6-11(14)13(16)8-12(15)9-3-4-9/h5-7,9H,3-4,8H2,1-2H3. The first kappa shape index (κ1) is 13.1. The highest BCUT2D eigenvalue weighted by Gasteiger charge is 2.31. The molecule has 2 rings (SSSR count). The molecule has 0 saturated heterocycles. The second kappa shape index (κ2) is 5.57. The average molecular weight is 264 g/mol. The third-order valence-electron chi connectivity index (χ3n) is 3.08. The van der Waals surface area contributed by atoms with Crippen LogP contribution in [0.25, 0.3) is 0 Å². The lowest BCUT2D eigenvalue weighted by Gasteiger charge is -2.08. The van der Waals surface area contributed by atoms with Crippen LogP contribution >= 0.6 is 11.8 Å². The monoisotopic (exact) mass is 264 g/mol. The predicted molar refractivity (Wildman–Crippen MR) is 71.5 cm³/mol. The van der Waals surface area contributed by atoms with Crippen LogP contribution in [-0.2, 0) is 4.79 Å². The van der Waals surface area contributed by atoms with Gasteiger partial charge in [-0.05, 0) is 37.3 Å². The molecule has 1 aliphatic carbocycles. The molecule has 96 valence electrons. The van der Waals surface area contributed by atoms with Gasteiger partial charge in [0, 0.05) is 10.8 Å². The van der Waals surface area contributed by atoms with Gasteiger partial charge in [-0.1, -0.05) is 0 Å². The molecular formula is C14H16O3S. The van der Waals surface area contributed by atoms with E-state index in [-0.39, 0.29) is 23.9 Å². The van der Waals surface area contributed by atoms with Gasteiger partial charge in [0.25, 0.3) is 0 Å². The molecular weight excluding hydrogens is 248 g/mol. The number of ether oxygens (including phenoxy) is 1. The smallest absolute Gasteiger partial charge is 0.173 e. The lowest BCUT2D eigenvalue weighted by molar-refractivity contribution is -0.119. The van der Waals surface area contributed by atoms with E-state index in [9.17, 15) is 9.59 Å². The predicted octanol–water partition coefficient (Wildman–Crippen LogP) is 2.97. The van der Waals surface area contributed by atoms with Crippen LogP contribution in [0.1, 0.15) is 29.6 Å². The van der Waals surface area contributed by atoms with Crippen molar-refractivity contribution in [1.29, 1.82) is 0 Å². The lowest BCUT2D eigenvalue weighted by atomic mass is 10.0. The van der Waals surface area contributed by atoms with Gasteiger partial charge in [-0.3, -0.25) is 9.59 Å². The summed E-state index contributed by atoms with van der Waals surface area (Å²) in [6, 6.07) is 5.45. The van der Waals surface area contributed by atoms with Gasteiger partial charge >= 0.3 is 0 Å². The number of Topliss-reactive ketones (excluding diaryl/α,β-unsaturated/α-hetero) is 2. The highest BCUT2D eigenvalue weighted by Crippen LogP contribution is 2.32. The Hall–Kier alpha value is -1.29. The first-order chi connectivity index (χ1) is 8.65. The molecule has 0 heterocycles. The number of thioether (sulfide) groups is 1. The summed E-state index contributed by atoms with van der Waals surface area (Å²) in [7, 11) is 1.54. The van der Waals surface area contributed by atoms with Crippen molar-refractivity contribution in [2.45, 2.75) is 24.2 Å². The molecule has 0 aliphatic heterocycles. The van der Waals surface area contributed by atoms with E-state index < -0.39 is 0 Å². The summed E-state index contributed by atoms with van der Waals surface area (Å²) in [4.78, 5) is 24.7. The topological polar surface area (TPSA) is 43.4 Å². The summed E-state index contributed by atoms with van der Waals surface area (Å²) < 4.78 is 5.22. The Morgan fingerprint density at radius 3 is 2.67 bits per heavy atom. The largest absolute Gasteiger partial charge is 0.496 e. The Kier molecular flexibility index (Phi) is 4.07. The summed E-state index contributed by atoms with van der Waals surface area (Å²) in [5.74, 6) is 0.605. The molecule has 0 aromatic heterocycles. The normalized spacial score (nSPS) is 14.3. The van der Waals surface area contributed by atoms with Gasteiger partial charge in [-0.2, -0.15) is 0 Å². The molecule has 1 saturated carbocycles. The fraction of sp³-hybridized carbons (Fsp3) is 0.429. The van der Waals surface area contributed by atoms with Crippen molar-refractivity contribution in [3.63, 3.8) is 0 Å². The maximum Gasteiger partial charge on any atom is 0.173 e. The van der Waals surface area contributed by atoms with E-state index in [0.717, 1.165) is 17.7 Å². The Morgan fingerprint density at radius 1 is 1.39 bits per heavy atom. The van der Waals surface area contributed by atoms with Gasteiger partial charge in [0.15, 0.2) is 5.78 Å². The summed E-state index contributed by atoms with van der Waals surface area (Å²) in [6.07, 6.45) is 3.84. The lowest BCUT2D eigenvalue weighted by Crippen LogP contribution is -2.10. The number of carbonyl (C=O) groups is 2. The summed E-state index contributed by atoms with van der Waals surface area (Å²) in [6.45, 7) is 0. The minimum atomic E-state index is -0.142. The van der Waals surface area contributed by atoms with Gasteiger partial charge in [-0.25, -0.2) is 0 Å². The van der Waals surface area contributed by atoms with Crippen LogP contribution < -0.4 is 4.74 Å². The van der Waals surface area contributed by atoms with E-state index in [2.05, 4.69) is 0 Å². The van der Waals surface area contributed by atoms with E-state index in [1.807, 2.05) is 18.4 Å². The first-order valence-electron chi connectivity index (χ1n) is 5.93. The van der Waals surface area contributed by atoms with Gasteiger partial charge < -0.3 is 4.74 Å². The number of rotatable bonds is 6. The molecule has 0 atom stereocenters. The molecule has 1 aliphatic rings. The Balaban J connectivity index is 2.15. The van der Waals surface area contributed by atoms with E-state index in [0.29, 0.717) is 11.3 Å². The van der Waals surface area contributed by atoms with Crippen molar-refractivity contribution in [2.24, 2.45) is 5.92 Å². The quantitative estimate of drug-likeness (QED) is 0.450. The number of ketones is 2. The maximum absolute atomic E-state index is 12.1. The van der Waals surface area contributed by atoms with Crippen molar-refractivity contribution in [1.82, 2.24) is 0 Å². The minimum Gasteiger partial charge on any atom is -0.496 e. The fourth-order valence-electron chi connectivity index (χ4n) is 1.83. The van der Waals surface area contributed by atoms with Crippen molar-refractivity contribution < 1.29 is 14.3 Å². The Bertz CT molecular complexity index is 478. The minimum absolute atomic E-state index is 0.000356.